The fraction of sp³-hybridized carbons (Fsp3) is 0.111. The fourth-order valence-corrected chi connectivity index (χ4v) is 2.94. The zero-order valence-corrected chi connectivity index (χ0v) is 12.6. The Morgan fingerprint density at radius 3 is 2.83 bits per heavy atom. The minimum Gasteiger partial charge on any atom is -0.351 e. The molecule has 3 aromatic rings. The molecule has 0 spiro atoms. The van der Waals surface area contributed by atoms with Crippen LogP contribution in [-0.2, 0) is 11.2 Å². The second-order valence-electron chi connectivity index (χ2n) is 5.70. The molecule has 0 fully saturated rings. The average molecular weight is 305 g/mol. The lowest BCUT2D eigenvalue weighted by Crippen LogP contribution is -2.20. The number of hydrogen-bond donors (Lipinski definition) is 2. The maximum atomic E-state index is 12.4. The maximum Gasteiger partial charge on any atom is 0.272 e. The highest BCUT2D eigenvalue weighted by Crippen LogP contribution is 2.30. The molecule has 2 heterocycles. The average Bonchev–Trinajstić information content (AvgIpc) is 3.09. The SMILES string of the molecule is CN1C(=O)Cc2cc(NC(=O)c3cc4ccccc4[nH]3)ccc21. The Morgan fingerprint density at radius 2 is 2.00 bits per heavy atom. The number of aromatic amines is 1. The summed E-state index contributed by atoms with van der Waals surface area (Å²) in [6, 6.07) is 15.1. The number of benzene rings is 2. The van der Waals surface area contributed by atoms with Crippen LogP contribution in [-0.4, -0.2) is 23.8 Å². The van der Waals surface area contributed by atoms with Crippen molar-refractivity contribution in [1.29, 1.82) is 0 Å². The van der Waals surface area contributed by atoms with Gasteiger partial charge < -0.3 is 15.2 Å². The van der Waals surface area contributed by atoms with E-state index in [0.29, 0.717) is 17.8 Å². The number of para-hydroxylation sites is 1. The van der Waals surface area contributed by atoms with E-state index in [9.17, 15) is 9.59 Å². The van der Waals surface area contributed by atoms with Gasteiger partial charge in [-0.15, -0.1) is 0 Å². The van der Waals surface area contributed by atoms with E-state index in [4.69, 9.17) is 0 Å². The van der Waals surface area contributed by atoms with Crippen LogP contribution in [0.3, 0.4) is 0 Å². The molecule has 2 amide bonds. The molecule has 0 bridgehead atoms. The van der Waals surface area contributed by atoms with Gasteiger partial charge in [0.15, 0.2) is 0 Å². The molecular weight excluding hydrogens is 290 g/mol. The largest absolute Gasteiger partial charge is 0.351 e. The van der Waals surface area contributed by atoms with Gasteiger partial charge in [0, 0.05) is 29.3 Å². The van der Waals surface area contributed by atoms with Crippen molar-refractivity contribution < 1.29 is 9.59 Å². The van der Waals surface area contributed by atoms with Crippen molar-refractivity contribution in [3.05, 3.63) is 59.8 Å². The van der Waals surface area contributed by atoms with Gasteiger partial charge in [-0.05, 0) is 35.9 Å². The quantitative estimate of drug-likeness (QED) is 0.764. The molecule has 0 atom stereocenters. The van der Waals surface area contributed by atoms with Crippen LogP contribution >= 0.6 is 0 Å². The molecule has 0 radical (unpaired) electrons. The summed E-state index contributed by atoms with van der Waals surface area (Å²) in [6.07, 6.45) is 0.377. The predicted molar refractivity (Wildman–Crippen MR) is 89.8 cm³/mol. The number of H-pyrrole nitrogens is 1. The van der Waals surface area contributed by atoms with E-state index in [0.717, 1.165) is 22.2 Å². The lowest BCUT2D eigenvalue weighted by molar-refractivity contribution is -0.117. The molecule has 1 aromatic heterocycles. The number of anilines is 2. The molecule has 4 rings (SSSR count). The molecular formula is C18H15N3O2. The Hall–Kier alpha value is -3.08. The van der Waals surface area contributed by atoms with Crippen molar-refractivity contribution in [3.8, 4) is 0 Å². The van der Waals surface area contributed by atoms with E-state index in [2.05, 4.69) is 10.3 Å². The first-order valence-electron chi connectivity index (χ1n) is 7.40. The topological polar surface area (TPSA) is 65.2 Å². The van der Waals surface area contributed by atoms with Gasteiger partial charge in [0.05, 0.1) is 6.42 Å². The highest BCUT2D eigenvalue weighted by atomic mass is 16.2. The molecule has 5 nitrogen and oxygen atoms in total. The summed E-state index contributed by atoms with van der Waals surface area (Å²) < 4.78 is 0. The normalized spacial score (nSPS) is 13.4. The Kier molecular flexibility index (Phi) is 2.94. The summed E-state index contributed by atoms with van der Waals surface area (Å²) >= 11 is 0. The molecule has 0 aliphatic carbocycles. The van der Waals surface area contributed by atoms with Gasteiger partial charge in [0.2, 0.25) is 5.91 Å². The first-order chi connectivity index (χ1) is 11.1. The maximum absolute atomic E-state index is 12.4. The van der Waals surface area contributed by atoms with E-state index in [1.807, 2.05) is 48.5 Å². The number of aromatic nitrogens is 1. The number of fused-ring (bicyclic) bond motifs is 2. The van der Waals surface area contributed by atoms with Gasteiger partial charge in [-0.1, -0.05) is 18.2 Å². The molecule has 1 aliphatic rings. The predicted octanol–water partition coefficient (Wildman–Crippen LogP) is 2.94. The molecule has 1 aliphatic heterocycles. The number of carbonyl (C=O) groups is 2. The minimum atomic E-state index is -0.196. The van der Waals surface area contributed by atoms with E-state index >= 15 is 0 Å². The zero-order chi connectivity index (χ0) is 16.0. The third-order valence-electron chi connectivity index (χ3n) is 4.19. The van der Waals surface area contributed by atoms with Gasteiger partial charge >= 0.3 is 0 Å². The second-order valence-corrected chi connectivity index (χ2v) is 5.70. The van der Waals surface area contributed by atoms with Crippen LogP contribution in [0.4, 0.5) is 11.4 Å². The summed E-state index contributed by atoms with van der Waals surface area (Å²) in [7, 11) is 1.76. The minimum absolute atomic E-state index is 0.0686. The summed E-state index contributed by atoms with van der Waals surface area (Å²) in [4.78, 5) is 28.9. The Labute approximate surface area is 132 Å². The molecule has 2 aromatic carbocycles. The summed E-state index contributed by atoms with van der Waals surface area (Å²) in [5.74, 6) is -0.127. The van der Waals surface area contributed by atoms with Crippen LogP contribution in [0.1, 0.15) is 16.1 Å². The van der Waals surface area contributed by atoms with Crippen LogP contribution in [0.5, 0.6) is 0 Å². The van der Waals surface area contributed by atoms with Gasteiger partial charge in [0.1, 0.15) is 5.69 Å². The van der Waals surface area contributed by atoms with Crippen molar-refractivity contribution >= 4 is 34.1 Å². The highest BCUT2D eigenvalue weighted by Gasteiger charge is 2.24. The lowest BCUT2D eigenvalue weighted by atomic mass is 10.1. The molecule has 5 heteroatoms. The third-order valence-corrected chi connectivity index (χ3v) is 4.19. The van der Waals surface area contributed by atoms with Crippen LogP contribution in [0.25, 0.3) is 10.9 Å². The molecule has 0 saturated carbocycles. The number of nitrogens with zero attached hydrogens (tertiary/aromatic N) is 1. The van der Waals surface area contributed by atoms with Crippen molar-refractivity contribution in [2.24, 2.45) is 0 Å². The van der Waals surface area contributed by atoms with Gasteiger partial charge in [-0.2, -0.15) is 0 Å². The number of nitrogens with one attached hydrogen (secondary N) is 2. The number of hydrogen-bond acceptors (Lipinski definition) is 2. The van der Waals surface area contributed by atoms with Crippen LogP contribution in [0.15, 0.2) is 48.5 Å². The highest BCUT2D eigenvalue weighted by molar-refractivity contribution is 6.07. The smallest absolute Gasteiger partial charge is 0.272 e. The first kappa shape index (κ1) is 13.6. The number of rotatable bonds is 2. The van der Waals surface area contributed by atoms with Crippen LogP contribution in [0.2, 0.25) is 0 Å². The van der Waals surface area contributed by atoms with Crippen molar-refractivity contribution in [1.82, 2.24) is 4.98 Å². The van der Waals surface area contributed by atoms with Crippen molar-refractivity contribution in [2.45, 2.75) is 6.42 Å². The first-order valence-corrected chi connectivity index (χ1v) is 7.40. The van der Waals surface area contributed by atoms with Crippen molar-refractivity contribution in [3.63, 3.8) is 0 Å². The van der Waals surface area contributed by atoms with E-state index in [-0.39, 0.29) is 11.8 Å². The Bertz CT molecular complexity index is 909. The lowest BCUT2D eigenvalue weighted by Gasteiger charge is -2.11. The number of carbonyl (C=O) groups excluding carboxylic acids is 2. The zero-order valence-electron chi connectivity index (χ0n) is 12.6. The Balaban J connectivity index is 1.60. The Morgan fingerprint density at radius 1 is 1.17 bits per heavy atom. The van der Waals surface area contributed by atoms with Crippen LogP contribution < -0.4 is 10.2 Å². The van der Waals surface area contributed by atoms with E-state index in [1.165, 1.54) is 0 Å². The van der Waals surface area contributed by atoms with Gasteiger partial charge in [0.25, 0.3) is 5.91 Å². The fourth-order valence-electron chi connectivity index (χ4n) is 2.94. The molecule has 0 unspecified atom stereocenters. The molecule has 2 N–H and O–H groups in total. The van der Waals surface area contributed by atoms with Crippen LogP contribution in [0, 0.1) is 0 Å². The third kappa shape index (κ3) is 2.26. The number of likely N-dealkylation sites (N-methyl/N-ethyl adjacent to an activating group) is 1. The van der Waals surface area contributed by atoms with Gasteiger partial charge in [-0.3, -0.25) is 9.59 Å². The van der Waals surface area contributed by atoms with Crippen molar-refractivity contribution in [2.75, 3.05) is 17.3 Å². The molecule has 0 saturated heterocycles. The molecule has 114 valence electrons. The molecule has 23 heavy (non-hydrogen) atoms. The summed E-state index contributed by atoms with van der Waals surface area (Å²) in [5, 5.41) is 3.88. The standard InChI is InChI=1S/C18H15N3O2/c1-21-16-7-6-13(8-12(16)10-17(21)22)19-18(23)15-9-11-4-2-3-5-14(11)20-15/h2-9,20H,10H2,1H3,(H,19,23). The van der Waals surface area contributed by atoms with E-state index < -0.39 is 0 Å². The second kappa shape index (κ2) is 4.98. The van der Waals surface area contributed by atoms with Gasteiger partial charge in [-0.25, -0.2) is 0 Å². The summed E-state index contributed by atoms with van der Waals surface area (Å²) in [5.41, 5.74) is 3.97. The summed E-state index contributed by atoms with van der Waals surface area (Å²) in [6.45, 7) is 0. The monoisotopic (exact) mass is 305 g/mol. The number of amides is 2. The van der Waals surface area contributed by atoms with E-state index in [1.54, 1.807) is 11.9 Å².